The Hall–Kier alpha value is -1.60. The van der Waals surface area contributed by atoms with Crippen molar-refractivity contribution in [2.75, 3.05) is 0 Å². The van der Waals surface area contributed by atoms with Crippen molar-refractivity contribution in [2.24, 2.45) is 0 Å². The van der Waals surface area contributed by atoms with Crippen molar-refractivity contribution in [3.63, 3.8) is 0 Å². The van der Waals surface area contributed by atoms with Crippen LogP contribution >= 0.6 is 0 Å². The van der Waals surface area contributed by atoms with Gasteiger partial charge in [0.1, 0.15) is 0 Å². The number of hydrogen-bond donors (Lipinski definition) is 0. The maximum Gasteiger partial charge on any atom is 0.460 e. The predicted molar refractivity (Wildman–Crippen MR) is 46.1 cm³/mol. The molecule has 0 unspecified atom stereocenters. The zero-order chi connectivity index (χ0) is 14.2. The van der Waals surface area contributed by atoms with Gasteiger partial charge in [0, 0.05) is 11.1 Å². The van der Waals surface area contributed by atoms with E-state index in [-0.39, 0.29) is 6.07 Å². The number of carbonyl (C=O) groups excluding carboxylic acids is 1. The average Bonchev–Trinajstić information content (AvgIpc) is 2.27. The quantitative estimate of drug-likeness (QED) is 0.771. The van der Waals surface area contributed by atoms with E-state index in [0.29, 0.717) is 6.07 Å². The van der Waals surface area contributed by atoms with Gasteiger partial charge in [-0.1, -0.05) is 18.2 Å². The molecule has 0 spiro atoms. The van der Waals surface area contributed by atoms with E-state index in [1.807, 2.05) is 0 Å². The zero-order valence-corrected chi connectivity index (χ0v) is 8.36. The van der Waals surface area contributed by atoms with Crippen LogP contribution in [0.3, 0.4) is 0 Å². The van der Waals surface area contributed by atoms with Crippen molar-refractivity contribution >= 4 is 6.29 Å². The number of alkyl halides is 7. The lowest BCUT2D eigenvalue weighted by atomic mass is 10.00. The lowest BCUT2D eigenvalue weighted by Gasteiger charge is -2.28. The second-order valence-electron chi connectivity index (χ2n) is 3.33. The summed E-state index contributed by atoms with van der Waals surface area (Å²) in [7, 11) is 0. The first kappa shape index (κ1) is 14.5. The van der Waals surface area contributed by atoms with E-state index in [9.17, 15) is 35.5 Å². The van der Waals surface area contributed by atoms with Gasteiger partial charge in [-0.05, 0) is 6.07 Å². The SMILES string of the molecule is O=[C]c1cccc(C(F)(F)C(F)(F)C(F)(F)F)c1. The number of benzene rings is 1. The van der Waals surface area contributed by atoms with Gasteiger partial charge < -0.3 is 0 Å². The monoisotopic (exact) mass is 273 g/mol. The van der Waals surface area contributed by atoms with E-state index < -0.39 is 29.1 Å². The van der Waals surface area contributed by atoms with Crippen molar-refractivity contribution in [1.29, 1.82) is 0 Å². The Kier molecular flexibility index (Phi) is 3.42. The molecule has 0 fully saturated rings. The van der Waals surface area contributed by atoms with Gasteiger partial charge in [-0.25, -0.2) is 0 Å². The molecule has 0 aliphatic carbocycles. The van der Waals surface area contributed by atoms with E-state index in [4.69, 9.17) is 0 Å². The van der Waals surface area contributed by atoms with E-state index in [1.165, 1.54) is 0 Å². The molecule has 0 heterocycles. The molecule has 99 valence electrons. The largest absolute Gasteiger partial charge is 0.460 e. The van der Waals surface area contributed by atoms with E-state index in [1.54, 1.807) is 0 Å². The van der Waals surface area contributed by atoms with Gasteiger partial charge >= 0.3 is 18.0 Å². The molecule has 0 bridgehead atoms. The third kappa shape index (κ3) is 2.19. The Morgan fingerprint density at radius 2 is 1.50 bits per heavy atom. The van der Waals surface area contributed by atoms with Crippen LogP contribution in [-0.2, 0) is 10.7 Å². The molecule has 18 heavy (non-hydrogen) atoms. The molecule has 1 radical (unpaired) electrons. The molecule has 1 aromatic rings. The van der Waals surface area contributed by atoms with Gasteiger partial charge in [0.15, 0.2) is 0 Å². The van der Waals surface area contributed by atoms with Gasteiger partial charge in [-0.2, -0.15) is 30.7 Å². The maximum atomic E-state index is 13.1. The van der Waals surface area contributed by atoms with Crippen LogP contribution in [0.5, 0.6) is 0 Å². The minimum Gasteiger partial charge on any atom is -0.285 e. The second kappa shape index (κ2) is 4.25. The Morgan fingerprint density at radius 3 is 1.94 bits per heavy atom. The van der Waals surface area contributed by atoms with Crippen molar-refractivity contribution in [3.05, 3.63) is 35.4 Å². The molecule has 0 aliphatic heterocycles. The highest BCUT2D eigenvalue weighted by atomic mass is 19.4. The third-order valence-electron chi connectivity index (χ3n) is 2.09. The topological polar surface area (TPSA) is 17.1 Å². The first-order chi connectivity index (χ1) is 8.04. The molecule has 0 amide bonds. The van der Waals surface area contributed by atoms with E-state index >= 15 is 0 Å². The summed E-state index contributed by atoms with van der Waals surface area (Å²) in [6.45, 7) is 0. The Labute approximate surface area is 96.2 Å². The van der Waals surface area contributed by atoms with Gasteiger partial charge in [0.05, 0.1) is 0 Å². The van der Waals surface area contributed by atoms with Crippen LogP contribution in [0.1, 0.15) is 11.1 Å². The molecular weight excluding hydrogens is 269 g/mol. The second-order valence-corrected chi connectivity index (χ2v) is 3.33. The molecule has 0 saturated heterocycles. The molecule has 0 aliphatic rings. The van der Waals surface area contributed by atoms with Gasteiger partial charge in [-0.3, -0.25) is 4.79 Å². The van der Waals surface area contributed by atoms with E-state index in [0.717, 1.165) is 18.4 Å². The standard InChI is InChI=1S/C10H4F7O/c11-8(12,9(13,14)10(15,16)17)7-3-1-2-6(4-7)5-18/h1-4H. The molecule has 0 saturated carbocycles. The molecule has 0 N–H and O–H groups in total. The summed E-state index contributed by atoms with van der Waals surface area (Å²) in [6.07, 6.45) is -5.29. The molecule has 1 nitrogen and oxygen atoms in total. The van der Waals surface area contributed by atoms with Crippen LogP contribution in [0.2, 0.25) is 0 Å². The summed E-state index contributed by atoms with van der Waals surface area (Å²) >= 11 is 0. The van der Waals surface area contributed by atoms with Crippen LogP contribution in [0, 0.1) is 0 Å². The smallest absolute Gasteiger partial charge is 0.285 e. The lowest BCUT2D eigenvalue weighted by molar-refractivity contribution is -0.359. The van der Waals surface area contributed by atoms with Crippen LogP contribution in [0.4, 0.5) is 30.7 Å². The number of rotatable bonds is 3. The summed E-state index contributed by atoms with van der Waals surface area (Å²) in [5.41, 5.74) is -2.16. The zero-order valence-electron chi connectivity index (χ0n) is 8.36. The Balaban J connectivity index is 3.32. The minimum absolute atomic E-state index is 0.229. The summed E-state index contributed by atoms with van der Waals surface area (Å²) in [6, 6.07) is 2.31. The summed E-state index contributed by atoms with van der Waals surface area (Å²) in [5.74, 6) is -11.7. The number of hydrogen-bond acceptors (Lipinski definition) is 1. The lowest BCUT2D eigenvalue weighted by Crippen LogP contribution is -2.50. The average molecular weight is 273 g/mol. The van der Waals surface area contributed by atoms with Crippen molar-refractivity contribution < 1.29 is 35.5 Å². The van der Waals surface area contributed by atoms with Gasteiger partial charge in [0.25, 0.3) is 0 Å². The number of halogens is 7. The molecule has 1 rings (SSSR count). The van der Waals surface area contributed by atoms with Gasteiger partial charge in [0.2, 0.25) is 6.29 Å². The first-order valence-corrected chi connectivity index (χ1v) is 4.35. The molecular formula is C10H4F7O. The fourth-order valence-electron chi connectivity index (χ4n) is 1.14. The molecule has 1 aromatic carbocycles. The highest BCUT2D eigenvalue weighted by molar-refractivity contribution is 5.75. The fourth-order valence-corrected chi connectivity index (χ4v) is 1.14. The predicted octanol–water partition coefficient (Wildman–Crippen LogP) is 3.43. The summed E-state index contributed by atoms with van der Waals surface area (Å²) < 4.78 is 87.3. The van der Waals surface area contributed by atoms with Crippen molar-refractivity contribution in [2.45, 2.75) is 18.0 Å². The van der Waals surface area contributed by atoms with Gasteiger partial charge in [-0.15, -0.1) is 0 Å². The minimum atomic E-state index is -6.41. The Bertz CT molecular complexity index is 450. The van der Waals surface area contributed by atoms with Crippen molar-refractivity contribution in [1.82, 2.24) is 0 Å². The van der Waals surface area contributed by atoms with Crippen LogP contribution in [0.25, 0.3) is 0 Å². The van der Waals surface area contributed by atoms with Crippen LogP contribution in [-0.4, -0.2) is 18.4 Å². The highest BCUT2D eigenvalue weighted by Crippen LogP contribution is 2.51. The van der Waals surface area contributed by atoms with Crippen LogP contribution in [0.15, 0.2) is 24.3 Å². The first-order valence-electron chi connectivity index (χ1n) is 4.35. The molecule has 0 aromatic heterocycles. The molecule has 8 heteroatoms. The maximum absolute atomic E-state index is 13.1. The van der Waals surface area contributed by atoms with Crippen molar-refractivity contribution in [3.8, 4) is 0 Å². The third-order valence-corrected chi connectivity index (χ3v) is 2.09. The highest BCUT2D eigenvalue weighted by Gasteiger charge is 2.73. The summed E-state index contributed by atoms with van der Waals surface area (Å²) in [4.78, 5) is 10.2. The fraction of sp³-hybridized carbons (Fsp3) is 0.300. The normalized spacial score (nSPS) is 13.5. The van der Waals surface area contributed by atoms with Crippen LogP contribution < -0.4 is 0 Å². The summed E-state index contributed by atoms with van der Waals surface area (Å²) in [5, 5.41) is 0. The van der Waals surface area contributed by atoms with E-state index in [2.05, 4.69) is 0 Å². The molecule has 0 atom stereocenters. The Morgan fingerprint density at radius 1 is 0.944 bits per heavy atom.